The van der Waals surface area contributed by atoms with Gasteiger partial charge in [-0.2, -0.15) is 5.26 Å². The van der Waals surface area contributed by atoms with Crippen molar-refractivity contribution in [2.45, 2.75) is 19.5 Å². The molecule has 24 heavy (non-hydrogen) atoms. The summed E-state index contributed by atoms with van der Waals surface area (Å²) in [6, 6.07) is 16.5. The number of hydrogen-bond donors (Lipinski definition) is 1. The standard InChI is InChI=1S/C19H21N3O2/c1-14(19(23)21-18-7-5-4-6-16(18)12-20)22(2)13-15-8-10-17(24-3)11-9-15/h4-11,14H,13H2,1-3H3,(H,21,23). The van der Waals surface area contributed by atoms with E-state index in [1.54, 1.807) is 31.4 Å². The van der Waals surface area contributed by atoms with E-state index >= 15 is 0 Å². The number of hydrogen-bond acceptors (Lipinski definition) is 4. The summed E-state index contributed by atoms with van der Waals surface area (Å²) in [5.41, 5.74) is 2.08. The van der Waals surface area contributed by atoms with E-state index in [-0.39, 0.29) is 11.9 Å². The minimum atomic E-state index is -0.334. The van der Waals surface area contributed by atoms with Crippen LogP contribution in [0.3, 0.4) is 0 Å². The van der Waals surface area contributed by atoms with E-state index in [1.807, 2.05) is 43.1 Å². The maximum Gasteiger partial charge on any atom is 0.241 e. The van der Waals surface area contributed by atoms with E-state index in [2.05, 4.69) is 11.4 Å². The van der Waals surface area contributed by atoms with Gasteiger partial charge in [-0.05, 0) is 43.8 Å². The van der Waals surface area contributed by atoms with Crippen molar-refractivity contribution in [2.75, 3.05) is 19.5 Å². The molecule has 0 aromatic heterocycles. The zero-order valence-corrected chi connectivity index (χ0v) is 14.1. The van der Waals surface area contributed by atoms with Crippen molar-refractivity contribution in [2.24, 2.45) is 0 Å². The number of amides is 1. The van der Waals surface area contributed by atoms with Gasteiger partial charge < -0.3 is 10.1 Å². The van der Waals surface area contributed by atoms with Gasteiger partial charge in [0.05, 0.1) is 24.4 Å². The summed E-state index contributed by atoms with van der Waals surface area (Å²) < 4.78 is 5.14. The molecular formula is C19H21N3O2. The fraction of sp³-hybridized carbons (Fsp3) is 0.263. The highest BCUT2D eigenvalue weighted by Crippen LogP contribution is 2.16. The van der Waals surface area contributed by atoms with Gasteiger partial charge in [0.15, 0.2) is 0 Å². The zero-order chi connectivity index (χ0) is 17.5. The van der Waals surface area contributed by atoms with Crippen molar-refractivity contribution < 1.29 is 9.53 Å². The average molecular weight is 323 g/mol. The Balaban J connectivity index is 2.00. The number of nitrogens with zero attached hydrogens (tertiary/aromatic N) is 2. The van der Waals surface area contributed by atoms with Crippen LogP contribution in [0.5, 0.6) is 5.75 Å². The fourth-order valence-electron chi connectivity index (χ4n) is 2.28. The molecule has 0 aliphatic heterocycles. The summed E-state index contributed by atoms with van der Waals surface area (Å²) in [5, 5.41) is 11.9. The molecule has 1 N–H and O–H groups in total. The van der Waals surface area contributed by atoms with Crippen molar-refractivity contribution in [3.8, 4) is 11.8 Å². The summed E-state index contributed by atoms with van der Waals surface area (Å²) in [4.78, 5) is 14.4. The molecule has 5 nitrogen and oxygen atoms in total. The molecule has 0 aliphatic rings. The van der Waals surface area contributed by atoms with Gasteiger partial charge in [-0.15, -0.1) is 0 Å². The lowest BCUT2D eigenvalue weighted by molar-refractivity contribution is -0.120. The molecule has 0 aliphatic carbocycles. The van der Waals surface area contributed by atoms with Crippen LogP contribution >= 0.6 is 0 Å². The van der Waals surface area contributed by atoms with Crippen LogP contribution in [0.2, 0.25) is 0 Å². The third kappa shape index (κ3) is 4.34. The summed E-state index contributed by atoms with van der Waals surface area (Å²) in [5.74, 6) is 0.661. The van der Waals surface area contributed by atoms with Crippen LogP contribution in [0.1, 0.15) is 18.1 Å². The Kier molecular flexibility index (Phi) is 5.94. The van der Waals surface area contributed by atoms with Gasteiger partial charge in [0.1, 0.15) is 11.8 Å². The lowest BCUT2D eigenvalue weighted by Gasteiger charge is -2.24. The van der Waals surface area contributed by atoms with Crippen LogP contribution in [0.25, 0.3) is 0 Å². The maximum absolute atomic E-state index is 12.4. The first-order valence-corrected chi connectivity index (χ1v) is 7.68. The number of carbonyl (C=O) groups excluding carboxylic acids is 1. The molecule has 1 unspecified atom stereocenters. The fourth-order valence-corrected chi connectivity index (χ4v) is 2.28. The molecule has 5 heteroatoms. The van der Waals surface area contributed by atoms with Gasteiger partial charge in [0.2, 0.25) is 5.91 Å². The largest absolute Gasteiger partial charge is 0.497 e. The molecule has 2 aromatic carbocycles. The van der Waals surface area contributed by atoms with Gasteiger partial charge >= 0.3 is 0 Å². The van der Waals surface area contributed by atoms with E-state index in [9.17, 15) is 4.79 Å². The van der Waals surface area contributed by atoms with Crippen LogP contribution in [-0.4, -0.2) is 31.0 Å². The number of ether oxygens (including phenoxy) is 1. The Hall–Kier alpha value is -2.84. The number of carbonyl (C=O) groups is 1. The molecule has 0 bridgehead atoms. The normalized spacial score (nSPS) is 11.6. The Morgan fingerprint density at radius 1 is 1.25 bits per heavy atom. The van der Waals surface area contributed by atoms with Gasteiger partial charge in [-0.3, -0.25) is 9.69 Å². The molecule has 0 spiro atoms. The highest BCUT2D eigenvalue weighted by atomic mass is 16.5. The second-order valence-electron chi connectivity index (χ2n) is 5.59. The Morgan fingerprint density at radius 2 is 1.92 bits per heavy atom. The van der Waals surface area contributed by atoms with E-state index in [0.29, 0.717) is 17.8 Å². The lowest BCUT2D eigenvalue weighted by atomic mass is 10.1. The van der Waals surface area contributed by atoms with Gasteiger partial charge in [0, 0.05) is 6.54 Å². The zero-order valence-electron chi connectivity index (χ0n) is 14.1. The number of para-hydroxylation sites is 1. The van der Waals surface area contributed by atoms with Crippen LogP contribution < -0.4 is 10.1 Å². The van der Waals surface area contributed by atoms with E-state index in [0.717, 1.165) is 11.3 Å². The van der Waals surface area contributed by atoms with E-state index in [1.165, 1.54) is 0 Å². The Labute approximate surface area is 142 Å². The van der Waals surface area contributed by atoms with Crippen LogP contribution in [0.4, 0.5) is 5.69 Å². The molecule has 2 aromatic rings. The highest BCUT2D eigenvalue weighted by Gasteiger charge is 2.19. The molecule has 0 heterocycles. The molecule has 0 radical (unpaired) electrons. The SMILES string of the molecule is COc1ccc(CN(C)C(C)C(=O)Nc2ccccc2C#N)cc1. The number of benzene rings is 2. The molecular weight excluding hydrogens is 302 g/mol. The molecule has 0 fully saturated rings. The quantitative estimate of drug-likeness (QED) is 0.887. The summed E-state index contributed by atoms with van der Waals surface area (Å²) in [6.07, 6.45) is 0. The van der Waals surface area contributed by atoms with Crippen molar-refractivity contribution >= 4 is 11.6 Å². The first-order chi connectivity index (χ1) is 11.5. The van der Waals surface area contributed by atoms with Crippen LogP contribution in [-0.2, 0) is 11.3 Å². The number of likely N-dealkylation sites (N-methyl/N-ethyl adjacent to an activating group) is 1. The predicted molar refractivity (Wildman–Crippen MR) is 93.7 cm³/mol. The summed E-state index contributed by atoms with van der Waals surface area (Å²) >= 11 is 0. The molecule has 1 atom stereocenters. The number of anilines is 1. The highest BCUT2D eigenvalue weighted by molar-refractivity contribution is 5.95. The molecule has 1 amide bonds. The monoisotopic (exact) mass is 323 g/mol. The van der Waals surface area contributed by atoms with E-state index < -0.39 is 0 Å². The topological polar surface area (TPSA) is 65.4 Å². The van der Waals surface area contributed by atoms with Crippen LogP contribution in [0, 0.1) is 11.3 Å². The number of rotatable bonds is 6. The third-order valence-corrected chi connectivity index (χ3v) is 3.94. The van der Waals surface area contributed by atoms with Gasteiger partial charge in [0.25, 0.3) is 0 Å². The molecule has 2 rings (SSSR count). The minimum Gasteiger partial charge on any atom is -0.497 e. The Morgan fingerprint density at radius 3 is 2.54 bits per heavy atom. The molecule has 0 saturated carbocycles. The number of nitriles is 1. The average Bonchev–Trinajstić information content (AvgIpc) is 2.62. The first-order valence-electron chi connectivity index (χ1n) is 7.68. The number of nitrogens with one attached hydrogen (secondary N) is 1. The Bertz CT molecular complexity index is 735. The smallest absolute Gasteiger partial charge is 0.241 e. The minimum absolute atomic E-state index is 0.145. The molecule has 124 valence electrons. The van der Waals surface area contributed by atoms with Gasteiger partial charge in [-0.25, -0.2) is 0 Å². The predicted octanol–water partition coefficient (Wildman–Crippen LogP) is 3.03. The van der Waals surface area contributed by atoms with Crippen molar-refractivity contribution in [1.29, 1.82) is 5.26 Å². The van der Waals surface area contributed by atoms with Crippen molar-refractivity contribution in [1.82, 2.24) is 4.90 Å². The number of methoxy groups -OCH3 is 1. The van der Waals surface area contributed by atoms with Crippen molar-refractivity contribution in [3.63, 3.8) is 0 Å². The first kappa shape index (κ1) is 17.5. The summed E-state index contributed by atoms with van der Waals surface area (Å²) in [6.45, 7) is 2.48. The third-order valence-electron chi connectivity index (χ3n) is 3.94. The van der Waals surface area contributed by atoms with Crippen molar-refractivity contribution in [3.05, 3.63) is 59.7 Å². The second kappa shape index (κ2) is 8.14. The van der Waals surface area contributed by atoms with Gasteiger partial charge in [-0.1, -0.05) is 24.3 Å². The van der Waals surface area contributed by atoms with E-state index in [4.69, 9.17) is 10.00 Å². The lowest BCUT2D eigenvalue weighted by Crippen LogP contribution is -2.39. The maximum atomic E-state index is 12.4. The van der Waals surface area contributed by atoms with Crippen LogP contribution in [0.15, 0.2) is 48.5 Å². The second-order valence-corrected chi connectivity index (χ2v) is 5.59. The molecule has 0 saturated heterocycles. The summed E-state index contributed by atoms with van der Waals surface area (Å²) in [7, 11) is 3.53.